The lowest BCUT2D eigenvalue weighted by Gasteiger charge is -2.06. The second kappa shape index (κ2) is 5.77. The van der Waals surface area contributed by atoms with Crippen molar-refractivity contribution >= 4 is 18.8 Å². The minimum Gasteiger partial charge on any atom is -0.459 e. The molecule has 0 unspecified atom stereocenters. The zero-order valence-electron chi connectivity index (χ0n) is 7.24. The normalized spacial score (nSPS) is 12.5. The average molecular weight is 214 g/mol. The summed E-state index contributed by atoms with van der Waals surface area (Å²) in [6.45, 7) is 4.02. The smallest absolute Gasteiger partial charge is 0.389 e. The van der Waals surface area contributed by atoms with E-state index in [-0.39, 0.29) is 16.2 Å². The zero-order valence-corrected chi connectivity index (χ0v) is 9.40. The monoisotopic (exact) mass is 214 g/mol. The molecule has 1 nitrogen and oxygen atoms in total. The molecule has 12 heavy (non-hydrogen) atoms. The predicted molar refractivity (Wildman–Crippen MR) is 45.8 cm³/mol. The van der Waals surface area contributed by atoms with Gasteiger partial charge in [-0.05, 0) is 25.6 Å². The minimum atomic E-state index is -4.00. The fourth-order valence-corrected chi connectivity index (χ4v) is 2.71. The summed E-state index contributed by atoms with van der Waals surface area (Å²) >= 11 is 0. The molecule has 0 aliphatic heterocycles. The quantitative estimate of drug-likeness (QED) is 0.504. The van der Waals surface area contributed by atoms with Crippen LogP contribution in [0.1, 0.15) is 12.8 Å². The predicted octanol–water partition coefficient (Wildman–Crippen LogP) is 2.37. The molecule has 0 atom stereocenters. The Morgan fingerprint density at radius 2 is 1.92 bits per heavy atom. The summed E-state index contributed by atoms with van der Waals surface area (Å²) in [7, 11) is -0.764. The van der Waals surface area contributed by atoms with Gasteiger partial charge in [0.25, 0.3) is 0 Å². The lowest BCUT2D eigenvalue weighted by atomic mass is 10.3. The molecule has 0 bridgehead atoms. The summed E-state index contributed by atoms with van der Waals surface area (Å²) in [6.07, 6.45) is -4.48. The Labute approximate surface area is 75.0 Å². The van der Waals surface area contributed by atoms with Crippen LogP contribution in [0.25, 0.3) is 0 Å². The van der Waals surface area contributed by atoms with Crippen molar-refractivity contribution in [3.8, 4) is 0 Å². The third-order valence-electron chi connectivity index (χ3n) is 1.06. The Bertz CT molecular complexity index is 116. The third-order valence-corrected chi connectivity index (χ3v) is 4.17. The molecule has 2 radical (unpaired) electrons. The maximum Gasteiger partial charge on any atom is 0.389 e. The molecule has 0 spiro atoms. The van der Waals surface area contributed by atoms with Gasteiger partial charge in [-0.25, -0.2) is 0 Å². The molecule has 0 rings (SSSR count). The first kappa shape index (κ1) is 12.2. The first-order chi connectivity index (χ1) is 5.42. The molecule has 0 aromatic rings. The van der Waals surface area contributed by atoms with Gasteiger partial charge >= 0.3 is 6.18 Å². The SMILES string of the molecule is C[SiH](C)O[Si]CCCC(F)(F)F. The number of alkyl halides is 3. The molecule has 0 aromatic heterocycles. The number of rotatable bonds is 5. The molecule has 6 heteroatoms. The zero-order chi connectivity index (χ0) is 9.61. The summed E-state index contributed by atoms with van der Waals surface area (Å²) in [5.74, 6) is 0. The van der Waals surface area contributed by atoms with Crippen molar-refractivity contribution in [2.45, 2.75) is 38.2 Å². The van der Waals surface area contributed by atoms with E-state index in [0.29, 0.717) is 6.04 Å². The summed E-state index contributed by atoms with van der Waals surface area (Å²) in [5.41, 5.74) is 0. The van der Waals surface area contributed by atoms with E-state index in [4.69, 9.17) is 4.12 Å². The minimum absolute atomic E-state index is 0.197. The van der Waals surface area contributed by atoms with Crippen LogP contribution in [-0.2, 0) is 4.12 Å². The van der Waals surface area contributed by atoms with Gasteiger partial charge in [0.15, 0.2) is 9.04 Å². The summed E-state index contributed by atoms with van der Waals surface area (Å²) in [5, 5.41) is 0. The summed E-state index contributed by atoms with van der Waals surface area (Å²) in [6, 6.07) is 0.546. The van der Waals surface area contributed by atoms with E-state index in [0.717, 1.165) is 0 Å². The number of halogens is 3. The van der Waals surface area contributed by atoms with Crippen LogP contribution in [0.3, 0.4) is 0 Å². The fraction of sp³-hybridized carbons (Fsp3) is 1.00. The van der Waals surface area contributed by atoms with E-state index in [9.17, 15) is 13.2 Å². The standard InChI is InChI=1S/C6H13F3OSi2/c1-12(2)10-11-5-3-4-6(7,8)9/h12H,3-5H2,1-2H3. The van der Waals surface area contributed by atoms with Crippen molar-refractivity contribution < 1.29 is 17.3 Å². The van der Waals surface area contributed by atoms with Gasteiger partial charge in [-0.3, -0.25) is 0 Å². The van der Waals surface area contributed by atoms with Crippen molar-refractivity contribution in [1.82, 2.24) is 0 Å². The molecule has 0 aromatic carbocycles. The topological polar surface area (TPSA) is 9.23 Å². The van der Waals surface area contributed by atoms with Crippen LogP contribution in [-0.4, -0.2) is 25.0 Å². The molecule has 0 saturated heterocycles. The Kier molecular flexibility index (Phi) is 5.85. The van der Waals surface area contributed by atoms with Crippen LogP contribution in [0.15, 0.2) is 0 Å². The summed E-state index contributed by atoms with van der Waals surface area (Å²) < 4.78 is 40.1. The number of hydrogen-bond donors (Lipinski definition) is 0. The van der Waals surface area contributed by atoms with Crippen LogP contribution >= 0.6 is 0 Å². The van der Waals surface area contributed by atoms with E-state index >= 15 is 0 Å². The summed E-state index contributed by atoms with van der Waals surface area (Å²) in [4.78, 5) is 0. The average Bonchev–Trinajstić information content (AvgIpc) is 1.83. The van der Waals surface area contributed by atoms with Crippen LogP contribution in [0, 0.1) is 0 Å². The van der Waals surface area contributed by atoms with Crippen molar-refractivity contribution in [2.75, 3.05) is 0 Å². The Morgan fingerprint density at radius 1 is 1.33 bits per heavy atom. The molecular weight excluding hydrogens is 201 g/mol. The first-order valence-corrected chi connectivity index (χ1v) is 7.76. The van der Waals surface area contributed by atoms with E-state index in [1.165, 1.54) is 0 Å². The molecule has 0 fully saturated rings. The van der Waals surface area contributed by atoms with Gasteiger partial charge in [0, 0.05) is 6.42 Å². The highest BCUT2D eigenvalue weighted by atomic mass is 28.3. The molecule has 0 aliphatic rings. The van der Waals surface area contributed by atoms with Crippen molar-refractivity contribution in [2.24, 2.45) is 0 Å². The second-order valence-electron chi connectivity index (χ2n) is 2.78. The Balaban J connectivity index is 3.12. The van der Waals surface area contributed by atoms with E-state index in [1.807, 2.05) is 13.1 Å². The number of hydrogen-bond acceptors (Lipinski definition) is 1. The van der Waals surface area contributed by atoms with Crippen molar-refractivity contribution in [3.63, 3.8) is 0 Å². The molecule has 0 N–H and O–H groups in total. The second-order valence-corrected chi connectivity index (χ2v) is 6.61. The van der Waals surface area contributed by atoms with Crippen molar-refractivity contribution in [1.29, 1.82) is 0 Å². The van der Waals surface area contributed by atoms with Crippen LogP contribution < -0.4 is 0 Å². The van der Waals surface area contributed by atoms with Gasteiger partial charge in [0.1, 0.15) is 0 Å². The van der Waals surface area contributed by atoms with Crippen LogP contribution in [0.5, 0.6) is 0 Å². The molecule has 0 heterocycles. The lowest BCUT2D eigenvalue weighted by molar-refractivity contribution is -0.134. The van der Waals surface area contributed by atoms with Crippen LogP contribution in [0.4, 0.5) is 13.2 Å². The van der Waals surface area contributed by atoms with Gasteiger partial charge in [0.2, 0.25) is 9.76 Å². The Morgan fingerprint density at radius 3 is 2.33 bits per heavy atom. The molecule has 0 saturated carbocycles. The maximum atomic E-state index is 11.6. The first-order valence-electron chi connectivity index (χ1n) is 3.87. The maximum absolute atomic E-state index is 11.6. The van der Waals surface area contributed by atoms with Gasteiger partial charge in [-0.15, -0.1) is 0 Å². The highest BCUT2D eigenvalue weighted by Crippen LogP contribution is 2.22. The van der Waals surface area contributed by atoms with E-state index < -0.39 is 21.6 Å². The molecule has 0 amide bonds. The van der Waals surface area contributed by atoms with Gasteiger partial charge in [-0.2, -0.15) is 13.2 Å². The van der Waals surface area contributed by atoms with Gasteiger partial charge in [-0.1, -0.05) is 0 Å². The highest BCUT2D eigenvalue weighted by molar-refractivity contribution is 6.56. The van der Waals surface area contributed by atoms with Gasteiger partial charge < -0.3 is 4.12 Å². The van der Waals surface area contributed by atoms with Crippen LogP contribution in [0.2, 0.25) is 19.1 Å². The molecule has 72 valence electrons. The molecular formula is C6H13F3OSi2. The molecule has 0 aliphatic carbocycles. The van der Waals surface area contributed by atoms with Gasteiger partial charge in [0.05, 0.1) is 0 Å². The lowest BCUT2D eigenvalue weighted by Crippen LogP contribution is -2.12. The van der Waals surface area contributed by atoms with E-state index in [1.54, 1.807) is 0 Å². The Hall–Kier alpha value is 0.184. The fourth-order valence-electron chi connectivity index (χ4n) is 0.587. The van der Waals surface area contributed by atoms with E-state index in [2.05, 4.69) is 0 Å². The van der Waals surface area contributed by atoms with Crippen molar-refractivity contribution in [3.05, 3.63) is 0 Å². The largest absolute Gasteiger partial charge is 0.459 e. The highest BCUT2D eigenvalue weighted by Gasteiger charge is 2.25. The third kappa shape index (κ3) is 10.2.